The van der Waals surface area contributed by atoms with Crippen molar-refractivity contribution in [1.29, 1.82) is 0 Å². The van der Waals surface area contributed by atoms with Crippen LogP contribution in [0, 0.1) is 0 Å². The van der Waals surface area contributed by atoms with Gasteiger partial charge in [0.05, 0.1) is 6.54 Å². The predicted molar refractivity (Wildman–Crippen MR) is 113 cm³/mol. The van der Waals surface area contributed by atoms with Gasteiger partial charge in [-0.05, 0) is 24.6 Å². The van der Waals surface area contributed by atoms with Crippen LogP contribution in [0.15, 0.2) is 65.6 Å². The van der Waals surface area contributed by atoms with Crippen molar-refractivity contribution in [2.75, 3.05) is 39.3 Å². The van der Waals surface area contributed by atoms with Crippen LogP contribution in [0.4, 0.5) is 0 Å². The number of amides is 2. The van der Waals surface area contributed by atoms with Crippen molar-refractivity contribution in [3.8, 4) is 0 Å². The Morgan fingerprint density at radius 1 is 0.964 bits per heavy atom. The third kappa shape index (κ3) is 5.59. The van der Waals surface area contributed by atoms with Gasteiger partial charge < -0.3 is 10.2 Å². The summed E-state index contributed by atoms with van der Waals surface area (Å²) in [7, 11) is 0. The second-order valence-corrected chi connectivity index (χ2v) is 7.96. The molecule has 5 nitrogen and oxygen atoms in total. The van der Waals surface area contributed by atoms with Gasteiger partial charge in [-0.25, -0.2) is 0 Å². The van der Waals surface area contributed by atoms with Gasteiger partial charge in [-0.1, -0.05) is 48.5 Å². The number of likely N-dealkylation sites (N-methyl/N-ethyl adjacent to an activating group) is 1. The summed E-state index contributed by atoms with van der Waals surface area (Å²) in [5, 5.41) is 2.56. The van der Waals surface area contributed by atoms with Crippen LogP contribution in [0.3, 0.4) is 0 Å². The molecule has 1 unspecified atom stereocenters. The van der Waals surface area contributed by atoms with Gasteiger partial charge >= 0.3 is 0 Å². The summed E-state index contributed by atoms with van der Waals surface area (Å²) in [6.45, 7) is 5.71. The van der Waals surface area contributed by atoms with Gasteiger partial charge in [0.2, 0.25) is 11.8 Å². The van der Waals surface area contributed by atoms with Crippen molar-refractivity contribution in [2.24, 2.45) is 0 Å². The van der Waals surface area contributed by atoms with Crippen LogP contribution in [0.1, 0.15) is 17.7 Å². The summed E-state index contributed by atoms with van der Waals surface area (Å²) in [5.41, 5.74) is 1.02. The van der Waals surface area contributed by atoms with Crippen LogP contribution in [0.5, 0.6) is 0 Å². The van der Waals surface area contributed by atoms with E-state index in [0.29, 0.717) is 26.2 Å². The molecular weight excluding hydrogens is 370 g/mol. The number of hydrogen-bond donors (Lipinski definition) is 1. The Kier molecular flexibility index (Phi) is 7.51. The molecule has 148 valence electrons. The molecule has 0 radical (unpaired) electrons. The maximum absolute atomic E-state index is 13.3. The highest BCUT2D eigenvalue weighted by molar-refractivity contribution is 8.00. The predicted octanol–water partition coefficient (Wildman–Crippen LogP) is 2.80. The third-order valence-electron chi connectivity index (χ3n) is 4.75. The van der Waals surface area contributed by atoms with Crippen LogP contribution >= 0.6 is 11.8 Å². The van der Waals surface area contributed by atoms with Gasteiger partial charge in [-0.3, -0.25) is 14.5 Å². The fourth-order valence-electron chi connectivity index (χ4n) is 3.27. The Labute approximate surface area is 171 Å². The van der Waals surface area contributed by atoms with E-state index in [4.69, 9.17) is 0 Å². The van der Waals surface area contributed by atoms with E-state index in [1.807, 2.05) is 72.5 Å². The van der Waals surface area contributed by atoms with Gasteiger partial charge in [0.1, 0.15) is 5.25 Å². The fraction of sp³-hybridized carbons (Fsp3) is 0.364. The zero-order valence-electron chi connectivity index (χ0n) is 16.2. The lowest BCUT2D eigenvalue weighted by Gasteiger charge is -2.36. The van der Waals surface area contributed by atoms with E-state index < -0.39 is 0 Å². The summed E-state index contributed by atoms with van der Waals surface area (Å²) in [6, 6.07) is 20.0. The van der Waals surface area contributed by atoms with Crippen molar-refractivity contribution in [2.45, 2.75) is 17.1 Å². The van der Waals surface area contributed by atoms with E-state index in [9.17, 15) is 9.59 Å². The van der Waals surface area contributed by atoms with Crippen LogP contribution < -0.4 is 5.32 Å². The summed E-state index contributed by atoms with van der Waals surface area (Å²) < 4.78 is 0. The SMILES string of the molecule is CCNC(=O)CN1CCN(C(=O)C(Sc2ccccc2)c2ccccc2)CC1. The zero-order chi connectivity index (χ0) is 19.8. The summed E-state index contributed by atoms with van der Waals surface area (Å²) in [4.78, 5) is 30.3. The maximum Gasteiger partial charge on any atom is 0.240 e. The van der Waals surface area contributed by atoms with Gasteiger partial charge in [0.25, 0.3) is 0 Å². The second kappa shape index (κ2) is 10.3. The summed E-state index contributed by atoms with van der Waals surface area (Å²) in [6.07, 6.45) is 0. The normalized spacial score (nSPS) is 15.8. The van der Waals surface area contributed by atoms with Crippen molar-refractivity contribution < 1.29 is 9.59 Å². The van der Waals surface area contributed by atoms with Crippen molar-refractivity contribution in [3.05, 3.63) is 66.2 Å². The average Bonchev–Trinajstić information content (AvgIpc) is 2.74. The molecule has 0 aliphatic carbocycles. The quantitative estimate of drug-likeness (QED) is 0.730. The lowest BCUT2D eigenvalue weighted by atomic mass is 10.1. The maximum atomic E-state index is 13.3. The number of nitrogens with one attached hydrogen (secondary N) is 1. The lowest BCUT2D eigenvalue weighted by Crippen LogP contribution is -2.51. The molecule has 1 aliphatic rings. The van der Waals surface area contributed by atoms with Crippen LogP contribution in [0.25, 0.3) is 0 Å². The molecule has 1 atom stereocenters. The Bertz CT molecular complexity index is 762. The first-order valence-corrected chi connectivity index (χ1v) is 10.6. The minimum Gasteiger partial charge on any atom is -0.355 e. The van der Waals surface area contributed by atoms with E-state index in [-0.39, 0.29) is 17.1 Å². The first kappa shape index (κ1) is 20.4. The molecule has 1 N–H and O–H groups in total. The number of carbonyl (C=O) groups is 2. The lowest BCUT2D eigenvalue weighted by molar-refractivity contribution is -0.132. The summed E-state index contributed by atoms with van der Waals surface area (Å²) in [5.74, 6) is 0.182. The number of carbonyl (C=O) groups excluding carboxylic acids is 2. The smallest absolute Gasteiger partial charge is 0.240 e. The second-order valence-electron chi connectivity index (χ2n) is 6.78. The molecule has 0 spiro atoms. The third-order valence-corrected chi connectivity index (χ3v) is 6.00. The highest BCUT2D eigenvalue weighted by Crippen LogP contribution is 2.36. The number of hydrogen-bond acceptors (Lipinski definition) is 4. The highest BCUT2D eigenvalue weighted by atomic mass is 32.2. The molecule has 1 aliphatic heterocycles. The molecular formula is C22H27N3O2S. The van der Waals surface area contributed by atoms with Crippen LogP contribution in [-0.4, -0.2) is 60.9 Å². The van der Waals surface area contributed by atoms with Gasteiger partial charge in [-0.2, -0.15) is 0 Å². The Balaban J connectivity index is 1.66. The minimum atomic E-state index is -0.265. The van der Waals surface area contributed by atoms with E-state index in [1.165, 1.54) is 0 Å². The largest absolute Gasteiger partial charge is 0.355 e. The van der Waals surface area contributed by atoms with Gasteiger partial charge in [-0.15, -0.1) is 11.8 Å². The molecule has 1 fully saturated rings. The van der Waals surface area contributed by atoms with Crippen molar-refractivity contribution >= 4 is 23.6 Å². The minimum absolute atomic E-state index is 0.0454. The number of nitrogens with zero attached hydrogens (tertiary/aromatic N) is 2. The van der Waals surface area contributed by atoms with Gasteiger partial charge in [0.15, 0.2) is 0 Å². The monoisotopic (exact) mass is 397 g/mol. The molecule has 2 amide bonds. The molecule has 2 aromatic carbocycles. The molecule has 0 bridgehead atoms. The van der Waals surface area contributed by atoms with E-state index in [1.54, 1.807) is 11.8 Å². The molecule has 0 aromatic heterocycles. The van der Waals surface area contributed by atoms with Crippen molar-refractivity contribution in [3.63, 3.8) is 0 Å². The number of benzene rings is 2. The molecule has 3 rings (SSSR count). The van der Waals surface area contributed by atoms with E-state index >= 15 is 0 Å². The zero-order valence-corrected chi connectivity index (χ0v) is 17.0. The average molecular weight is 398 g/mol. The Hall–Kier alpha value is -2.31. The summed E-state index contributed by atoms with van der Waals surface area (Å²) >= 11 is 1.59. The Morgan fingerprint density at radius 3 is 2.18 bits per heavy atom. The van der Waals surface area contributed by atoms with Gasteiger partial charge in [0, 0.05) is 37.6 Å². The standard InChI is InChI=1S/C22H27N3O2S/c1-2-23-20(26)17-24-13-15-25(16-14-24)22(27)21(18-9-5-3-6-10-18)28-19-11-7-4-8-12-19/h3-12,21H,2,13-17H2,1H3,(H,23,26). The molecule has 1 heterocycles. The molecule has 2 aromatic rings. The highest BCUT2D eigenvalue weighted by Gasteiger charge is 2.29. The molecule has 28 heavy (non-hydrogen) atoms. The Morgan fingerprint density at radius 2 is 1.57 bits per heavy atom. The number of thioether (sulfide) groups is 1. The molecule has 6 heteroatoms. The first-order valence-electron chi connectivity index (χ1n) is 9.72. The number of rotatable bonds is 7. The van der Waals surface area contributed by atoms with Crippen LogP contribution in [-0.2, 0) is 9.59 Å². The van der Waals surface area contributed by atoms with Crippen LogP contribution in [0.2, 0.25) is 0 Å². The number of piperazine rings is 1. The van der Waals surface area contributed by atoms with E-state index in [0.717, 1.165) is 23.5 Å². The molecule has 1 saturated heterocycles. The molecule has 0 saturated carbocycles. The first-order chi connectivity index (χ1) is 13.7. The van der Waals surface area contributed by atoms with Crippen molar-refractivity contribution in [1.82, 2.24) is 15.1 Å². The topological polar surface area (TPSA) is 52.7 Å². The van der Waals surface area contributed by atoms with E-state index in [2.05, 4.69) is 10.2 Å². The fourth-order valence-corrected chi connectivity index (χ4v) is 4.40.